The molecule has 0 heterocycles. The van der Waals surface area contributed by atoms with Crippen LogP contribution in [0.1, 0.15) is 64.7 Å². The Kier molecular flexibility index (Phi) is 5.97. The van der Waals surface area contributed by atoms with Crippen LogP contribution in [-0.2, 0) is 4.74 Å². The minimum absolute atomic E-state index is 0.574. The van der Waals surface area contributed by atoms with Gasteiger partial charge in [-0.05, 0) is 37.5 Å². The van der Waals surface area contributed by atoms with Crippen molar-refractivity contribution in [3.8, 4) is 0 Å². The van der Waals surface area contributed by atoms with Crippen molar-refractivity contribution in [1.82, 2.24) is 5.32 Å². The monoisotopic (exact) mass is 253 g/mol. The molecule has 0 aromatic heterocycles. The van der Waals surface area contributed by atoms with Crippen LogP contribution in [0.25, 0.3) is 0 Å². The van der Waals surface area contributed by atoms with Crippen molar-refractivity contribution in [2.75, 3.05) is 13.7 Å². The molecule has 0 saturated heterocycles. The molecule has 0 aromatic rings. The van der Waals surface area contributed by atoms with Crippen molar-refractivity contribution in [3.05, 3.63) is 0 Å². The summed E-state index contributed by atoms with van der Waals surface area (Å²) in [6, 6.07) is 1.33. The second-order valence-electron chi connectivity index (χ2n) is 6.42. The number of methoxy groups -OCH3 is 1. The average Bonchev–Trinajstić information content (AvgIpc) is 2.39. The molecule has 4 atom stereocenters. The molecular formula is C16H31NO. The van der Waals surface area contributed by atoms with Crippen LogP contribution in [0.2, 0.25) is 0 Å². The maximum Gasteiger partial charge on any atom is 0.0615 e. The standard InChI is InChI=1S/C16H31NO/c1-3-6-16(12-18-2)17-15-10-9-13-7-4-5-8-14(13)11-15/h13-17H,3-12H2,1-2H3. The van der Waals surface area contributed by atoms with Crippen LogP contribution in [0.15, 0.2) is 0 Å². The van der Waals surface area contributed by atoms with Crippen LogP contribution in [0.5, 0.6) is 0 Å². The van der Waals surface area contributed by atoms with Crippen LogP contribution >= 0.6 is 0 Å². The fraction of sp³-hybridized carbons (Fsp3) is 1.00. The van der Waals surface area contributed by atoms with E-state index in [4.69, 9.17) is 4.74 Å². The van der Waals surface area contributed by atoms with Crippen molar-refractivity contribution >= 4 is 0 Å². The van der Waals surface area contributed by atoms with E-state index in [0.717, 1.165) is 24.5 Å². The molecule has 18 heavy (non-hydrogen) atoms. The Morgan fingerprint density at radius 1 is 1.11 bits per heavy atom. The van der Waals surface area contributed by atoms with Gasteiger partial charge in [-0.1, -0.05) is 39.0 Å². The molecule has 0 spiro atoms. The molecule has 2 aliphatic rings. The fourth-order valence-corrected chi connectivity index (χ4v) is 4.12. The van der Waals surface area contributed by atoms with Crippen LogP contribution in [0.3, 0.4) is 0 Å². The molecule has 2 saturated carbocycles. The molecule has 2 rings (SSSR count). The maximum absolute atomic E-state index is 5.34. The Morgan fingerprint density at radius 2 is 1.89 bits per heavy atom. The van der Waals surface area contributed by atoms with Crippen molar-refractivity contribution in [3.63, 3.8) is 0 Å². The smallest absolute Gasteiger partial charge is 0.0615 e. The Morgan fingerprint density at radius 3 is 2.61 bits per heavy atom. The first-order valence-corrected chi connectivity index (χ1v) is 8.08. The fourth-order valence-electron chi connectivity index (χ4n) is 4.12. The predicted molar refractivity (Wildman–Crippen MR) is 76.8 cm³/mol. The molecule has 0 bridgehead atoms. The van der Waals surface area contributed by atoms with E-state index in [1.54, 1.807) is 0 Å². The third-order valence-corrected chi connectivity index (χ3v) is 5.02. The van der Waals surface area contributed by atoms with Crippen LogP contribution < -0.4 is 5.32 Å². The SMILES string of the molecule is CCCC(COC)NC1CCC2CCCCC2C1. The lowest BCUT2D eigenvalue weighted by molar-refractivity contribution is 0.115. The summed E-state index contributed by atoms with van der Waals surface area (Å²) in [5.74, 6) is 2.08. The van der Waals surface area contributed by atoms with Gasteiger partial charge >= 0.3 is 0 Å². The van der Waals surface area contributed by atoms with Gasteiger partial charge in [-0.3, -0.25) is 0 Å². The summed E-state index contributed by atoms with van der Waals surface area (Å²) in [6.07, 6.45) is 12.7. The van der Waals surface area contributed by atoms with E-state index >= 15 is 0 Å². The highest BCUT2D eigenvalue weighted by molar-refractivity contribution is 4.87. The molecule has 0 amide bonds. The van der Waals surface area contributed by atoms with Gasteiger partial charge in [0, 0.05) is 19.2 Å². The Hall–Kier alpha value is -0.0800. The quantitative estimate of drug-likeness (QED) is 0.778. The van der Waals surface area contributed by atoms with Gasteiger partial charge in [-0.15, -0.1) is 0 Å². The molecule has 2 fully saturated rings. The van der Waals surface area contributed by atoms with Gasteiger partial charge < -0.3 is 10.1 Å². The Labute approximate surface area is 113 Å². The molecule has 0 aliphatic heterocycles. The lowest BCUT2D eigenvalue weighted by Gasteiger charge is -2.40. The van der Waals surface area contributed by atoms with Gasteiger partial charge in [0.25, 0.3) is 0 Å². The molecule has 2 aliphatic carbocycles. The topological polar surface area (TPSA) is 21.3 Å². The summed E-state index contributed by atoms with van der Waals surface area (Å²) in [7, 11) is 1.82. The first-order valence-electron chi connectivity index (χ1n) is 8.08. The second kappa shape index (κ2) is 7.49. The molecule has 2 nitrogen and oxygen atoms in total. The van der Waals surface area contributed by atoms with E-state index in [-0.39, 0.29) is 0 Å². The second-order valence-corrected chi connectivity index (χ2v) is 6.42. The maximum atomic E-state index is 5.34. The van der Waals surface area contributed by atoms with Crippen LogP contribution in [0, 0.1) is 11.8 Å². The summed E-state index contributed by atoms with van der Waals surface area (Å²) in [4.78, 5) is 0. The highest BCUT2D eigenvalue weighted by Crippen LogP contribution is 2.40. The van der Waals surface area contributed by atoms with Crippen molar-refractivity contribution in [2.24, 2.45) is 11.8 Å². The summed E-state index contributed by atoms with van der Waals surface area (Å²) in [5, 5.41) is 3.87. The zero-order valence-electron chi connectivity index (χ0n) is 12.3. The number of hydrogen-bond donors (Lipinski definition) is 1. The van der Waals surface area contributed by atoms with Gasteiger partial charge in [0.05, 0.1) is 6.61 Å². The summed E-state index contributed by atoms with van der Waals surface area (Å²) < 4.78 is 5.34. The summed E-state index contributed by atoms with van der Waals surface area (Å²) in [5.41, 5.74) is 0. The summed E-state index contributed by atoms with van der Waals surface area (Å²) in [6.45, 7) is 3.14. The van der Waals surface area contributed by atoms with E-state index in [1.807, 2.05) is 7.11 Å². The van der Waals surface area contributed by atoms with Crippen LogP contribution in [-0.4, -0.2) is 25.8 Å². The zero-order chi connectivity index (χ0) is 12.8. The number of fused-ring (bicyclic) bond motifs is 1. The van der Waals surface area contributed by atoms with E-state index in [2.05, 4.69) is 12.2 Å². The largest absolute Gasteiger partial charge is 0.383 e. The Bertz CT molecular complexity index is 225. The third-order valence-electron chi connectivity index (χ3n) is 5.02. The van der Waals surface area contributed by atoms with Crippen LogP contribution in [0.4, 0.5) is 0 Å². The van der Waals surface area contributed by atoms with Gasteiger partial charge in [-0.25, -0.2) is 0 Å². The van der Waals surface area contributed by atoms with E-state index in [9.17, 15) is 0 Å². The number of hydrogen-bond acceptors (Lipinski definition) is 2. The Balaban J connectivity index is 1.78. The number of ether oxygens (including phenoxy) is 1. The first-order chi connectivity index (χ1) is 8.83. The average molecular weight is 253 g/mol. The molecule has 0 radical (unpaired) electrons. The molecule has 1 N–H and O–H groups in total. The predicted octanol–water partition coefficient (Wildman–Crippen LogP) is 3.75. The van der Waals surface area contributed by atoms with Gasteiger partial charge in [0.15, 0.2) is 0 Å². The lowest BCUT2D eigenvalue weighted by Crippen LogP contribution is -2.45. The number of nitrogens with one attached hydrogen (secondary N) is 1. The zero-order valence-corrected chi connectivity index (χ0v) is 12.3. The minimum Gasteiger partial charge on any atom is -0.383 e. The third kappa shape index (κ3) is 3.96. The molecular weight excluding hydrogens is 222 g/mol. The normalized spacial score (nSPS) is 34.0. The van der Waals surface area contributed by atoms with E-state index in [1.165, 1.54) is 57.8 Å². The summed E-state index contributed by atoms with van der Waals surface area (Å²) >= 11 is 0. The minimum atomic E-state index is 0.574. The van der Waals surface area contributed by atoms with E-state index < -0.39 is 0 Å². The highest BCUT2D eigenvalue weighted by atomic mass is 16.5. The molecule has 106 valence electrons. The highest BCUT2D eigenvalue weighted by Gasteiger charge is 2.32. The van der Waals surface area contributed by atoms with Gasteiger partial charge in [0.1, 0.15) is 0 Å². The lowest BCUT2D eigenvalue weighted by atomic mass is 9.69. The first kappa shape index (κ1) is 14.3. The van der Waals surface area contributed by atoms with Crippen molar-refractivity contribution < 1.29 is 4.74 Å². The van der Waals surface area contributed by atoms with Crippen molar-refractivity contribution in [2.45, 2.75) is 76.8 Å². The van der Waals surface area contributed by atoms with Crippen molar-refractivity contribution in [1.29, 1.82) is 0 Å². The molecule has 0 aromatic carbocycles. The molecule has 2 heteroatoms. The van der Waals surface area contributed by atoms with Gasteiger partial charge in [-0.2, -0.15) is 0 Å². The number of rotatable bonds is 6. The molecule has 4 unspecified atom stereocenters. The van der Waals surface area contributed by atoms with E-state index in [0.29, 0.717) is 6.04 Å². The van der Waals surface area contributed by atoms with Gasteiger partial charge in [0.2, 0.25) is 0 Å².